The van der Waals surface area contributed by atoms with Crippen molar-refractivity contribution in [2.75, 3.05) is 0 Å². The van der Waals surface area contributed by atoms with Gasteiger partial charge in [0.15, 0.2) is 17.5 Å². The molecule has 0 fully saturated rings. The van der Waals surface area contributed by atoms with Crippen LogP contribution in [0.4, 0.5) is 0 Å². The van der Waals surface area contributed by atoms with Crippen LogP contribution in [0.1, 0.15) is 0 Å². The molecule has 0 N–H and O–H groups in total. The van der Waals surface area contributed by atoms with Crippen LogP contribution in [0.15, 0.2) is 192 Å². The summed E-state index contributed by atoms with van der Waals surface area (Å²) in [6, 6.07) is 65.2. The van der Waals surface area contributed by atoms with Crippen molar-refractivity contribution >= 4 is 32.7 Å². The molecule has 0 amide bonds. The molecular weight excluding hydrogens is 647 g/mol. The Labute approximate surface area is 306 Å². The van der Waals surface area contributed by atoms with Crippen molar-refractivity contribution in [3.8, 4) is 67.5 Å². The van der Waals surface area contributed by atoms with Gasteiger partial charge in [-0.2, -0.15) is 0 Å². The molecule has 53 heavy (non-hydrogen) atoms. The molecule has 0 unspecified atom stereocenters. The maximum atomic E-state index is 6.50. The van der Waals surface area contributed by atoms with Crippen molar-refractivity contribution < 1.29 is 4.42 Å². The quantitative estimate of drug-likeness (QED) is 0.176. The molecule has 0 saturated carbocycles. The van der Waals surface area contributed by atoms with E-state index in [-0.39, 0.29) is 0 Å². The number of hydrogen-bond donors (Lipinski definition) is 0. The van der Waals surface area contributed by atoms with Gasteiger partial charge in [-0.3, -0.25) is 0 Å². The zero-order chi connectivity index (χ0) is 35.1. The van der Waals surface area contributed by atoms with E-state index in [2.05, 4.69) is 152 Å². The number of hydrogen-bond acceptors (Lipinski definition) is 4. The molecule has 2 aromatic heterocycles. The van der Waals surface area contributed by atoms with Gasteiger partial charge in [-0.25, -0.2) is 15.0 Å². The van der Waals surface area contributed by atoms with Gasteiger partial charge in [0.05, 0.1) is 5.56 Å². The Morgan fingerprint density at radius 1 is 0.321 bits per heavy atom. The Morgan fingerprint density at radius 2 is 0.887 bits per heavy atom. The standard InChI is InChI=1S/C49H31N3O/c1-3-13-32(14-4-1)37-18-11-19-38(31-37)33-25-27-36(28-26-33)47-50-48(43-23-12-22-42-41-21-9-10-24-44(41)53-46(42)43)52-49(51-47)45-39-20-8-7-17-35(39)29-30-40(45)34-15-5-2-6-16-34/h1-31H. The number of nitrogens with zero attached hydrogens (tertiary/aromatic N) is 3. The molecule has 0 saturated heterocycles. The summed E-state index contributed by atoms with van der Waals surface area (Å²) in [5.41, 5.74) is 11.1. The molecule has 4 heteroatoms. The summed E-state index contributed by atoms with van der Waals surface area (Å²) >= 11 is 0. The smallest absolute Gasteiger partial charge is 0.167 e. The van der Waals surface area contributed by atoms with Gasteiger partial charge in [0, 0.05) is 21.9 Å². The summed E-state index contributed by atoms with van der Waals surface area (Å²) in [7, 11) is 0. The Bertz CT molecular complexity index is 2930. The first-order valence-electron chi connectivity index (χ1n) is 17.8. The van der Waals surface area contributed by atoms with Gasteiger partial charge in [0.25, 0.3) is 0 Å². The first-order chi connectivity index (χ1) is 26.3. The number of para-hydroxylation sites is 2. The molecule has 4 nitrogen and oxygen atoms in total. The average Bonchev–Trinajstić information content (AvgIpc) is 3.63. The summed E-state index contributed by atoms with van der Waals surface area (Å²) in [6.07, 6.45) is 0. The van der Waals surface area contributed by atoms with Crippen LogP contribution in [0.2, 0.25) is 0 Å². The SMILES string of the molecule is c1ccc(-c2cccc(-c3ccc(-c4nc(-c5c(-c6ccccc6)ccc6ccccc56)nc(-c5cccc6c5oc5ccccc56)n4)cc3)c2)cc1. The number of aromatic nitrogens is 3. The number of fused-ring (bicyclic) bond motifs is 4. The van der Waals surface area contributed by atoms with Crippen molar-refractivity contribution in [1.29, 1.82) is 0 Å². The normalized spacial score (nSPS) is 11.4. The van der Waals surface area contributed by atoms with E-state index in [0.717, 1.165) is 71.7 Å². The molecule has 0 aliphatic rings. The lowest BCUT2D eigenvalue weighted by atomic mass is 9.93. The van der Waals surface area contributed by atoms with Crippen LogP contribution >= 0.6 is 0 Å². The highest BCUT2D eigenvalue weighted by atomic mass is 16.3. The molecule has 0 radical (unpaired) electrons. The number of benzene rings is 8. The first kappa shape index (κ1) is 30.6. The Balaban J connectivity index is 1.18. The lowest BCUT2D eigenvalue weighted by Crippen LogP contribution is -2.02. The van der Waals surface area contributed by atoms with Crippen molar-refractivity contribution in [2.45, 2.75) is 0 Å². The summed E-state index contributed by atoms with van der Waals surface area (Å²) in [5, 5.41) is 4.28. The highest BCUT2D eigenvalue weighted by molar-refractivity contribution is 6.09. The van der Waals surface area contributed by atoms with Crippen LogP contribution < -0.4 is 0 Å². The van der Waals surface area contributed by atoms with Gasteiger partial charge in [0.1, 0.15) is 11.2 Å². The molecule has 0 spiro atoms. The van der Waals surface area contributed by atoms with E-state index in [1.807, 2.05) is 36.4 Å². The second-order valence-electron chi connectivity index (χ2n) is 13.2. The molecule has 2 heterocycles. The first-order valence-corrected chi connectivity index (χ1v) is 17.8. The molecule has 10 rings (SSSR count). The molecule has 0 aliphatic carbocycles. The predicted octanol–water partition coefficient (Wildman–Crippen LogP) is 12.9. The van der Waals surface area contributed by atoms with Crippen LogP contribution in [-0.4, -0.2) is 15.0 Å². The fraction of sp³-hybridized carbons (Fsp3) is 0. The summed E-state index contributed by atoms with van der Waals surface area (Å²) in [4.78, 5) is 15.7. The van der Waals surface area contributed by atoms with Crippen molar-refractivity contribution in [2.24, 2.45) is 0 Å². The van der Waals surface area contributed by atoms with E-state index in [9.17, 15) is 0 Å². The monoisotopic (exact) mass is 677 g/mol. The zero-order valence-electron chi connectivity index (χ0n) is 28.6. The maximum absolute atomic E-state index is 6.50. The third kappa shape index (κ3) is 5.54. The molecule has 10 aromatic rings. The molecular formula is C49H31N3O. The molecule has 0 aliphatic heterocycles. The highest BCUT2D eigenvalue weighted by Gasteiger charge is 2.21. The predicted molar refractivity (Wildman–Crippen MR) is 217 cm³/mol. The Hall–Kier alpha value is -7.17. The summed E-state index contributed by atoms with van der Waals surface area (Å²) in [6.45, 7) is 0. The minimum Gasteiger partial charge on any atom is -0.455 e. The third-order valence-electron chi connectivity index (χ3n) is 9.96. The fourth-order valence-electron chi connectivity index (χ4n) is 7.35. The minimum absolute atomic E-state index is 0.557. The van der Waals surface area contributed by atoms with Gasteiger partial charge in [-0.1, -0.05) is 170 Å². The molecule has 248 valence electrons. The minimum atomic E-state index is 0.557. The molecule has 0 bridgehead atoms. The van der Waals surface area contributed by atoms with E-state index in [1.54, 1.807) is 0 Å². The lowest BCUT2D eigenvalue weighted by molar-refractivity contribution is 0.669. The van der Waals surface area contributed by atoms with Crippen molar-refractivity contribution in [1.82, 2.24) is 15.0 Å². The van der Waals surface area contributed by atoms with Crippen LogP contribution in [0.3, 0.4) is 0 Å². The number of rotatable bonds is 6. The van der Waals surface area contributed by atoms with E-state index in [4.69, 9.17) is 19.4 Å². The Kier molecular flexibility index (Phi) is 7.43. The second kappa shape index (κ2) is 12.9. The van der Waals surface area contributed by atoms with Gasteiger partial charge in [-0.05, 0) is 62.4 Å². The van der Waals surface area contributed by atoms with E-state index < -0.39 is 0 Å². The van der Waals surface area contributed by atoms with Crippen molar-refractivity contribution in [3.05, 3.63) is 188 Å². The Morgan fingerprint density at radius 3 is 1.68 bits per heavy atom. The second-order valence-corrected chi connectivity index (χ2v) is 13.2. The van der Waals surface area contributed by atoms with Crippen LogP contribution in [0.5, 0.6) is 0 Å². The van der Waals surface area contributed by atoms with E-state index in [1.165, 1.54) is 11.1 Å². The summed E-state index contributed by atoms with van der Waals surface area (Å²) in [5.74, 6) is 1.75. The van der Waals surface area contributed by atoms with E-state index >= 15 is 0 Å². The summed E-state index contributed by atoms with van der Waals surface area (Å²) < 4.78 is 6.50. The van der Waals surface area contributed by atoms with E-state index in [0.29, 0.717) is 17.5 Å². The third-order valence-corrected chi connectivity index (χ3v) is 9.96. The topological polar surface area (TPSA) is 51.8 Å². The van der Waals surface area contributed by atoms with Gasteiger partial charge in [0.2, 0.25) is 0 Å². The largest absolute Gasteiger partial charge is 0.455 e. The van der Waals surface area contributed by atoms with Crippen LogP contribution in [0.25, 0.3) is 100 Å². The van der Waals surface area contributed by atoms with Gasteiger partial charge >= 0.3 is 0 Å². The highest BCUT2D eigenvalue weighted by Crippen LogP contribution is 2.40. The zero-order valence-corrected chi connectivity index (χ0v) is 28.6. The lowest BCUT2D eigenvalue weighted by Gasteiger charge is -2.15. The fourth-order valence-corrected chi connectivity index (χ4v) is 7.35. The molecule has 0 atom stereocenters. The number of furan rings is 1. The average molecular weight is 678 g/mol. The molecule has 8 aromatic carbocycles. The van der Waals surface area contributed by atoms with Crippen LogP contribution in [0, 0.1) is 0 Å². The van der Waals surface area contributed by atoms with Gasteiger partial charge in [-0.15, -0.1) is 0 Å². The van der Waals surface area contributed by atoms with Crippen molar-refractivity contribution in [3.63, 3.8) is 0 Å². The van der Waals surface area contributed by atoms with Gasteiger partial charge < -0.3 is 4.42 Å². The van der Waals surface area contributed by atoms with Crippen LogP contribution in [-0.2, 0) is 0 Å². The maximum Gasteiger partial charge on any atom is 0.167 e.